The van der Waals surface area contributed by atoms with Crippen LogP contribution in [0.3, 0.4) is 0 Å². The number of hydrogen-bond donors (Lipinski definition) is 1. The highest BCUT2D eigenvalue weighted by atomic mass is 35.5. The van der Waals surface area contributed by atoms with E-state index in [1.807, 2.05) is 6.92 Å². The highest BCUT2D eigenvalue weighted by Gasteiger charge is 2.38. The fraction of sp³-hybridized carbons (Fsp3) is 0.0400. The van der Waals surface area contributed by atoms with Crippen molar-refractivity contribution in [3.8, 4) is 5.75 Å². The smallest absolute Gasteiger partial charge is 0.343 e. The summed E-state index contributed by atoms with van der Waals surface area (Å²) in [5, 5.41) is 2.64. The molecule has 7 nitrogen and oxygen atoms in total. The number of nitrogens with zero attached hydrogens (tertiary/aromatic N) is 1. The van der Waals surface area contributed by atoms with Crippen LogP contribution in [0, 0.1) is 6.92 Å². The Morgan fingerprint density at radius 3 is 2.15 bits per heavy atom. The van der Waals surface area contributed by atoms with Crippen molar-refractivity contribution in [3.63, 3.8) is 0 Å². The minimum Gasteiger partial charge on any atom is -0.423 e. The normalized spacial score (nSPS) is 13.3. The summed E-state index contributed by atoms with van der Waals surface area (Å²) in [6.07, 6.45) is 0.696. The lowest BCUT2D eigenvalue weighted by atomic mass is 10.2. The van der Waals surface area contributed by atoms with Crippen LogP contribution >= 0.6 is 11.6 Å². The number of imide groups is 1. The van der Waals surface area contributed by atoms with Gasteiger partial charge >= 0.3 is 5.97 Å². The monoisotopic (exact) mass is 460 g/mol. The predicted octanol–water partition coefficient (Wildman–Crippen LogP) is 4.46. The van der Waals surface area contributed by atoms with Gasteiger partial charge in [-0.3, -0.25) is 14.4 Å². The van der Waals surface area contributed by atoms with E-state index in [2.05, 4.69) is 5.32 Å². The topological polar surface area (TPSA) is 92.8 Å². The molecule has 0 radical (unpaired) electrons. The standard InChI is InChI=1S/C25H17ClN2O5/c1-15-2-10-19(11-3-15)28-23(30)21(26)22(24(28)31)27-18-8-6-17(7-9-18)25(32)33-20-12-4-16(14-29)5-13-20/h2-14,27H,1H3. The Labute approximate surface area is 194 Å². The molecule has 1 N–H and O–H groups in total. The molecule has 1 aliphatic rings. The van der Waals surface area contributed by atoms with E-state index in [1.54, 1.807) is 48.5 Å². The minimum absolute atomic E-state index is 0.0483. The lowest BCUT2D eigenvalue weighted by Crippen LogP contribution is -2.32. The van der Waals surface area contributed by atoms with Gasteiger partial charge in [0.05, 0.1) is 11.3 Å². The number of carbonyl (C=O) groups excluding carboxylic acids is 4. The summed E-state index contributed by atoms with van der Waals surface area (Å²) >= 11 is 6.15. The van der Waals surface area contributed by atoms with E-state index in [-0.39, 0.29) is 16.3 Å². The third-order valence-corrected chi connectivity index (χ3v) is 5.29. The summed E-state index contributed by atoms with van der Waals surface area (Å²) in [7, 11) is 0. The van der Waals surface area contributed by atoms with Gasteiger partial charge < -0.3 is 10.1 Å². The molecule has 8 heteroatoms. The first kappa shape index (κ1) is 22.0. The van der Waals surface area contributed by atoms with Gasteiger partial charge in [0, 0.05) is 11.3 Å². The van der Waals surface area contributed by atoms with E-state index >= 15 is 0 Å². The minimum atomic E-state index is -0.617. The maximum atomic E-state index is 12.8. The van der Waals surface area contributed by atoms with Crippen LogP contribution in [0.2, 0.25) is 0 Å². The van der Waals surface area contributed by atoms with Crippen LogP contribution in [0.25, 0.3) is 0 Å². The highest BCUT2D eigenvalue weighted by molar-refractivity contribution is 6.53. The molecule has 33 heavy (non-hydrogen) atoms. The molecule has 0 aromatic heterocycles. The van der Waals surface area contributed by atoms with Crippen LogP contribution in [-0.4, -0.2) is 24.1 Å². The molecular formula is C25H17ClN2O5. The molecule has 0 saturated heterocycles. The zero-order chi connectivity index (χ0) is 23.5. The quantitative estimate of drug-likeness (QED) is 0.252. The molecule has 3 aromatic carbocycles. The van der Waals surface area contributed by atoms with Crippen molar-refractivity contribution >= 4 is 47.0 Å². The second-order valence-corrected chi connectivity index (χ2v) is 7.63. The number of amides is 2. The van der Waals surface area contributed by atoms with Crippen LogP contribution in [0.4, 0.5) is 11.4 Å². The zero-order valence-corrected chi connectivity index (χ0v) is 18.1. The van der Waals surface area contributed by atoms with Gasteiger partial charge in [0.25, 0.3) is 11.8 Å². The molecule has 0 unspecified atom stereocenters. The van der Waals surface area contributed by atoms with Gasteiger partial charge in [-0.25, -0.2) is 9.69 Å². The molecule has 0 spiro atoms. The molecule has 4 rings (SSSR count). The van der Waals surface area contributed by atoms with E-state index in [1.165, 1.54) is 24.3 Å². The molecular weight excluding hydrogens is 444 g/mol. The van der Waals surface area contributed by atoms with Gasteiger partial charge in [0.15, 0.2) is 0 Å². The molecule has 1 aliphatic heterocycles. The number of halogens is 1. The first-order valence-electron chi connectivity index (χ1n) is 9.87. The van der Waals surface area contributed by atoms with Gasteiger partial charge in [-0.15, -0.1) is 0 Å². The number of nitrogens with one attached hydrogen (secondary N) is 1. The maximum absolute atomic E-state index is 12.8. The zero-order valence-electron chi connectivity index (χ0n) is 17.4. The number of esters is 1. The fourth-order valence-electron chi connectivity index (χ4n) is 3.15. The highest BCUT2D eigenvalue weighted by Crippen LogP contribution is 2.30. The number of benzene rings is 3. The van der Waals surface area contributed by atoms with Gasteiger partial charge in [-0.1, -0.05) is 29.3 Å². The Hall–Kier alpha value is -4.23. The van der Waals surface area contributed by atoms with Crippen molar-refractivity contribution in [2.24, 2.45) is 0 Å². The molecule has 0 bridgehead atoms. The first-order chi connectivity index (χ1) is 15.9. The van der Waals surface area contributed by atoms with E-state index in [0.717, 1.165) is 10.5 Å². The van der Waals surface area contributed by atoms with Gasteiger partial charge in [0.2, 0.25) is 0 Å². The fourth-order valence-corrected chi connectivity index (χ4v) is 3.37. The molecule has 0 atom stereocenters. The average Bonchev–Trinajstić information content (AvgIpc) is 3.04. The first-order valence-corrected chi connectivity index (χ1v) is 10.2. The van der Waals surface area contributed by atoms with Gasteiger partial charge in [-0.05, 0) is 67.6 Å². The number of carbonyl (C=O) groups is 4. The summed E-state index contributed by atoms with van der Waals surface area (Å²) in [6, 6.07) is 19.2. The second kappa shape index (κ2) is 9.10. The second-order valence-electron chi connectivity index (χ2n) is 7.25. The van der Waals surface area contributed by atoms with Crippen molar-refractivity contribution in [2.75, 3.05) is 10.2 Å². The van der Waals surface area contributed by atoms with E-state index in [0.29, 0.717) is 29.0 Å². The Morgan fingerprint density at radius 2 is 1.55 bits per heavy atom. The van der Waals surface area contributed by atoms with Crippen LogP contribution < -0.4 is 15.0 Å². The summed E-state index contributed by atoms with van der Waals surface area (Å²) in [5.41, 5.74) is 2.57. The molecule has 164 valence electrons. The molecule has 2 amide bonds. The summed E-state index contributed by atoms with van der Waals surface area (Å²) in [5.74, 6) is -1.48. The SMILES string of the molecule is Cc1ccc(N2C(=O)C(Cl)=C(Nc3ccc(C(=O)Oc4ccc(C=O)cc4)cc3)C2=O)cc1. The molecule has 1 heterocycles. The number of aldehydes is 1. The van der Waals surface area contributed by atoms with Crippen molar-refractivity contribution in [2.45, 2.75) is 6.92 Å². The molecule has 3 aromatic rings. The average molecular weight is 461 g/mol. The Balaban J connectivity index is 1.46. The number of hydrogen-bond acceptors (Lipinski definition) is 6. The van der Waals surface area contributed by atoms with Crippen LogP contribution in [0.15, 0.2) is 83.5 Å². The predicted molar refractivity (Wildman–Crippen MR) is 123 cm³/mol. The lowest BCUT2D eigenvalue weighted by molar-refractivity contribution is -0.120. The van der Waals surface area contributed by atoms with Crippen LogP contribution in [0.1, 0.15) is 26.3 Å². The van der Waals surface area contributed by atoms with E-state index in [4.69, 9.17) is 16.3 Å². The maximum Gasteiger partial charge on any atom is 0.343 e. The molecule has 0 fully saturated rings. The van der Waals surface area contributed by atoms with Crippen molar-refractivity contribution in [1.82, 2.24) is 0 Å². The molecule has 0 aliphatic carbocycles. The summed E-state index contributed by atoms with van der Waals surface area (Å²) < 4.78 is 5.28. The van der Waals surface area contributed by atoms with Crippen LogP contribution in [0.5, 0.6) is 5.75 Å². The van der Waals surface area contributed by atoms with Gasteiger partial charge in [-0.2, -0.15) is 0 Å². The van der Waals surface area contributed by atoms with Crippen molar-refractivity contribution in [3.05, 3.63) is 100 Å². The Morgan fingerprint density at radius 1 is 0.909 bits per heavy atom. The van der Waals surface area contributed by atoms with Crippen molar-refractivity contribution < 1.29 is 23.9 Å². The van der Waals surface area contributed by atoms with Crippen molar-refractivity contribution in [1.29, 1.82) is 0 Å². The number of anilines is 2. The van der Waals surface area contributed by atoms with E-state index in [9.17, 15) is 19.2 Å². The molecule has 0 saturated carbocycles. The largest absolute Gasteiger partial charge is 0.423 e. The summed E-state index contributed by atoms with van der Waals surface area (Å²) in [6.45, 7) is 1.90. The lowest BCUT2D eigenvalue weighted by Gasteiger charge is -2.15. The third-order valence-electron chi connectivity index (χ3n) is 4.94. The summed E-state index contributed by atoms with van der Waals surface area (Å²) in [4.78, 5) is 49.5. The number of ether oxygens (including phenoxy) is 1. The number of rotatable bonds is 6. The van der Waals surface area contributed by atoms with E-state index < -0.39 is 17.8 Å². The number of aryl methyl sites for hydroxylation is 1. The van der Waals surface area contributed by atoms with Gasteiger partial charge in [0.1, 0.15) is 22.8 Å². The van der Waals surface area contributed by atoms with Crippen LogP contribution in [-0.2, 0) is 9.59 Å². The Bertz CT molecular complexity index is 1280. The Kier molecular flexibility index (Phi) is 6.06. The third kappa shape index (κ3) is 4.53.